The monoisotopic (exact) mass is 278 g/mol. The minimum atomic E-state index is -0.470. The number of hydrogen-bond donors (Lipinski definition) is 1. The average molecular weight is 278 g/mol. The number of nitrogens with zero attached hydrogens (tertiary/aromatic N) is 1. The highest BCUT2D eigenvalue weighted by atomic mass is 16.6. The number of carbonyl (C=O) groups excluding carboxylic acids is 1. The molecule has 0 spiro atoms. The summed E-state index contributed by atoms with van der Waals surface area (Å²) in [6.07, 6.45) is 3.45. The number of pyridine rings is 1. The lowest BCUT2D eigenvalue weighted by atomic mass is 9.92. The molecule has 1 N–H and O–H groups in total. The molecule has 1 atom stereocenters. The van der Waals surface area contributed by atoms with Crippen LogP contribution in [-0.2, 0) is 4.74 Å². The van der Waals surface area contributed by atoms with Gasteiger partial charge in [-0.1, -0.05) is 6.07 Å². The van der Waals surface area contributed by atoms with E-state index in [0.29, 0.717) is 6.54 Å². The molecule has 20 heavy (non-hydrogen) atoms. The molecule has 0 aromatic carbocycles. The summed E-state index contributed by atoms with van der Waals surface area (Å²) in [6, 6.07) is 3.36. The highest BCUT2D eigenvalue weighted by Crippen LogP contribution is 2.26. The lowest BCUT2D eigenvalue weighted by Crippen LogP contribution is -2.42. The third kappa shape index (κ3) is 3.85. The summed E-state index contributed by atoms with van der Waals surface area (Å²) in [5.41, 5.74) is 0.494. The molecule has 110 valence electrons. The molecule has 1 aromatic heterocycles. The Morgan fingerprint density at radius 2 is 2.15 bits per heavy atom. The third-order valence-corrected chi connectivity index (χ3v) is 3.35. The predicted octanol–water partition coefficient (Wildman–Crippen LogP) is 2.49. The van der Waals surface area contributed by atoms with Gasteiger partial charge in [0.05, 0.1) is 0 Å². The summed E-state index contributed by atoms with van der Waals surface area (Å²) in [5.74, 6) is 0.258. The van der Waals surface area contributed by atoms with Crippen molar-refractivity contribution in [1.82, 2.24) is 9.88 Å². The van der Waals surface area contributed by atoms with E-state index in [-0.39, 0.29) is 17.6 Å². The van der Waals surface area contributed by atoms with Crippen LogP contribution in [0.1, 0.15) is 45.1 Å². The van der Waals surface area contributed by atoms with E-state index >= 15 is 0 Å². The van der Waals surface area contributed by atoms with Gasteiger partial charge in [0.1, 0.15) is 5.60 Å². The number of aromatic nitrogens is 1. The Morgan fingerprint density at radius 1 is 1.40 bits per heavy atom. The zero-order valence-electron chi connectivity index (χ0n) is 12.3. The van der Waals surface area contributed by atoms with Crippen molar-refractivity contribution >= 4 is 6.09 Å². The van der Waals surface area contributed by atoms with Gasteiger partial charge in [0.25, 0.3) is 0 Å². The topological polar surface area (TPSA) is 62.4 Å². The van der Waals surface area contributed by atoms with Crippen molar-refractivity contribution in [3.05, 3.63) is 34.2 Å². The SMILES string of the molecule is CC(C)(C)OC(=O)N1CCC[C@H](c2ccc(=O)[nH]c2)C1. The van der Waals surface area contributed by atoms with Gasteiger partial charge in [-0.2, -0.15) is 0 Å². The van der Waals surface area contributed by atoms with Crippen LogP contribution in [0, 0.1) is 0 Å². The standard InChI is InChI=1S/C15H22N2O3/c1-15(2,3)20-14(19)17-8-4-5-12(10-17)11-6-7-13(18)16-9-11/h6-7,9,12H,4-5,8,10H2,1-3H3,(H,16,18)/t12-/m0/s1. The van der Waals surface area contributed by atoms with E-state index in [2.05, 4.69) is 4.98 Å². The molecule has 1 aliphatic heterocycles. The quantitative estimate of drug-likeness (QED) is 0.858. The molecule has 1 fully saturated rings. The van der Waals surface area contributed by atoms with Gasteiger partial charge in [0, 0.05) is 31.3 Å². The summed E-state index contributed by atoms with van der Waals surface area (Å²) >= 11 is 0. The first-order chi connectivity index (χ1) is 9.35. The first kappa shape index (κ1) is 14.6. The first-order valence-electron chi connectivity index (χ1n) is 7.02. The molecule has 1 aromatic rings. The van der Waals surface area contributed by atoms with Crippen LogP contribution in [0.4, 0.5) is 4.79 Å². The molecule has 0 bridgehead atoms. The highest BCUT2D eigenvalue weighted by Gasteiger charge is 2.28. The second kappa shape index (κ2) is 5.69. The minimum absolute atomic E-state index is 0.103. The van der Waals surface area contributed by atoms with Crippen LogP contribution < -0.4 is 5.56 Å². The molecule has 0 unspecified atom stereocenters. The number of rotatable bonds is 1. The Balaban J connectivity index is 2.03. The van der Waals surface area contributed by atoms with Crippen molar-refractivity contribution in [3.8, 4) is 0 Å². The fourth-order valence-electron chi connectivity index (χ4n) is 2.42. The number of carbonyl (C=O) groups is 1. The van der Waals surface area contributed by atoms with E-state index in [1.807, 2.05) is 26.8 Å². The molecule has 1 aliphatic rings. The van der Waals surface area contributed by atoms with Gasteiger partial charge < -0.3 is 14.6 Å². The highest BCUT2D eigenvalue weighted by molar-refractivity contribution is 5.68. The zero-order valence-corrected chi connectivity index (χ0v) is 12.3. The van der Waals surface area contributed by atoms with Crippen molar-refractivity contribution in [2.24, 2.45) is 0 Å². The largest absolute Gasteiger partial charge is 0.444 e. The summed E-state index contributed by atoms with van der Waals surface area (Å²) in [6.45, 7) is 6.98. The molecule has 5 nitrogen and oxygen atoms in total. The van der Waals surface area contributed by atoms with E-state index in [0.717, 1.165) is 24.9 Å². The number of ether oxygens (including phenoxy) is 1. The average Bonchev–Trinajstić information content (AvgIpc) is 2.38. The smallest absolute Gasteiger partial charge is 0.410 e. The molecule has 1 amide bonds. The molecule has 1 saturated heterocycles. The number of amides is 1. The lowest BCUT2D eigenvalue weighted by molar-refractivity contribution is 0.0198. The number of H-pyrrole nitrogens is 1. The van der Waals surface area contributed by atoms with Gasteiger partial charge in [-0.25, -0.2) is 4.79 Å². The van der Waals surface area contributed by atoms with E-state index in [1.165, 1.54) is 6.07 Å². The van der Waals surface area contributed by atoms with Crippen LogP contribution in [-0.4, -0.2) is 34.7 Å². The second-order valence-corrected chi connectivity index (χ2v) is 6.25. The molecule has 5 heteroatoms. The Labute approximate surface area is 118 Å². The van der Waals surface area contributed by atoms with E-state index in [9.17, 15) is 9.59 Å². The number of nitrogens with one attached hydrogen (secondary N) is 1. The van der Waals surface area contributed by atoms with E-state index in [1.54, 1.807) is 11.1 Å². The van der Waals surface area contributed by atoms with Crippen molar-refractivity contribution in [2.45, 2.75) is 45.1 Å². The van der Waals surface area contributed by atoms with Gasteiger partial charge in [-0.3, -0.25) is 4.79 Å². The first-order valence-corrected chi connectivity index (χ1v) is 7.02. The Kier molecular flexibility index (Phi) is 4.16. The minimum Gasteiger partial charge on any atom is -0.444 e. The van der Waals surface area contributed by atoms with E-state index < -0.39 is 5.60 Å². The van der Waals surface area contributed by atoms with Gasteiger partial charge >= 0.3 is 6.09 Å². The molecule has 0 aliphatic carbocycles. The summed E-state index contributed by atoms with van der Waals surface area (Å²) in [7, 11) is 0. The van der Waals surface area contributed by atoms with Crippen LogP contribution in [0.2, 0.25) is 0 Å². The van der Waals surface area contributed by atoms with Gasteiger partial charge in [0.15, 0.2) is 0 Å². The molecular formula is C15H22N2O3. The number of aromatic amines is 1. The van der Waals surface area contributed by atoms with Crippen molar-refractivity contribution in [1.29, 1.82) is 0 Å². The number of piperidine rings is 1. The second-order valence-electron chi connectivity index (χ2n) is 6.25. The fraction of sp³-hybridized carbons (Fsp3) is 0.600. The van der Waals surface area contributed by atoms with Crippen LogP contribution >= 0.6 is 0 Å². The lowest BCUT2D eigenvalue weighted by Gasteiger charge is -2.34. The Bertz CT molecular complexity index is 510. The van der Waals surface area contributed by atoms with Gasteiger partial charge in [-0.15, -0.1) is 0 Å². The van der Waals surface area contributed by atoms with Crippen molar-refractivity contribution < 1.29 is 9.53 Å². The van der Waals surface area contributed by atoms with Crippen molar-refractivity contribution in [3.63, 3.8) is 0 Å². The number of hydrogen-bond acceptors (Lipinski definition) is 3. The maximum atomic E-state index is 12.1. The normalized spacial score (nSPS) is 19.8. The van der Waals surface area contributed by atoms with Crippen molar-refractivity contribution in [2.75, 3.05) is 13.1 Å². The Hall–Kier alpha value is -1.78. The molecular weight excluding hydrogens is 256 g/mol. The van der Waals surface area contributed by atoms with Gasteiger partial charge in [-0.05, 0) is 39.2 Å². The summed E-state index contributed by atoms with van der Waals surface area (Å²) < 4.78 is 5.41. The predicted molar refractivity (Wildman–Crippen MR) is 76.8 cm³/mol. The molecule has 0 saturated carbocycles. The summed E-state index contributed by atoms with van der Waals surface area (Å²) in [5, 5.41) is 0. The van der Waals surface area contributed by atoms with Crippen LogP contribution in [0.5, 0.6) is 0 Å². The summed E-state index contributed by atoms with van der Waals surface area (Å²) in [4.78, 5) is 27.6. The van der Waals surface area contributed by atoms with Gasteiger partial charge in [0.2, 0.25) is 5.56 Å². The Morgan fingerprint density at radius 3 is 2.75 bits per heavy atom. The fourth-order valence-corrected chi connectivity index (χ4v) is 2.42. The zero-order chi connectivity index (χ0) is 14.8. The number of likely N-dealkylation sites (tertiary alicyclic amines) is 1. The maximum absolute atomic E-state index is 12.1. The molecule has 2 heterocycles. The van der Waals surface area contributed by atoms with Crippen LogP contribution in [0.15, 0.2) is 23.1 Å². The maximum Gasteiger partial charge on any atom is 0.410 e. The van der Waals surface area contributed by atoms with Crippen LogP contribution in [0.25, 0.3) is 0 Å². The molecule has 0 radical (unpaired) electrons. The molecule has 2 rings (SSSR count). The third-order valence-electron chi connectivity index (χ3n) is 3.35. The van der Waals surface area contributed by atoms with Crippen LogP contribution in [0.3, 0.4) is 0 Å². The van der Waals surface area contributed by atoms with E-state index in [4.69, 9.17) is 4.74 Å².